The fourth-order valence-electron chi connectivity index (χ4n) is 6.65. The molecule has 0 unspecified atom stereocenters. The number of nitrogens with zero attached hydrogens (tertiary/aromatic N) is 4. The van der Waals surface area contributed by atoms with Gasteiger partial charge < -0.3 is 9.80 Å². The van der Waals surface area contributed by atoms with Crippen LogP contribution in [0.4, 0.5) is 39.8 Å². The summed E-state index contributed by atoms with van der Waals surface area (Å²) in [6, 6.07) is 60.4. The van der Waals surface area contributed by atoms with Gasteiger partial charge in [0.2, 0.25) is 0 Å². The molecule has 0 amide bonds. The average Bonchev–Trinajstić information content (AvgIpc) is 3.16. The Morgan fingerprint density at radius 2 is 0.792 bits per heavy atom. The van der Waals surface area contributed by atoms with Crippen molar-refractivity contribution in [3.8, 4) is 6.07 Å². The molecule has 0 spiro atoms. The molecule has 0 aromatic heterocycles. The van der Waals surface area contributed by atoms with Crippen molar-refractivity contribution in [3.05, 3.63) is 187 Å². The molecule has 0 aliphatic rings. The number of benzene rings is 8. The summed E-state index contributed by atoms with van der Waals surface area (Å²) in [5.74, 6) is 0. The zero-order valence-corrected chi connectivity index (χ0v) is 26.0. The van der Waals surface area contributed by atoms with E-state index in [0.717, 1.165) is 66.4 Å². The van der Waals surface area contributed by atoms with Crippen molar-refractivity contribution >= 4 is 72.1 Å². The van der Waals surface area contributed by atoms with Crippen molar-refractivity contribution in [2.75, 3.05) is 9.80 Å². The maximum Gasteiger partial charge on any atom is 0.187 e. The van der Waals surface area contributed by atoms with Gasteiger partial charge in [-0.3, -0.25) is 0 Å². The Kier molecular flexibility index (Phi) is 7.23. The van der Waals surface area contributed by atoms with Crippen LogP contribution in [0.3, 0.4) is 0 Å². The minimum Gasteiger partial charge on any atom is -0.310 e. The first-order valence-corrected chi connectivity index (χ1v) is 15.8. The van der Waals surface area contributed by atoms with Crippen molar-refractivity contribution in [3.63, 3.8) is 0 Å². The summed E-state index contributed by atoms with van der Waals surface area (Å²) in [6.45, 7) is 7.50. The normalized spacial score (nSPS) is 10.9. The molecule has 0 fully saturated rings. The van der Waals surface area contributed by atoms with Crippen LogP contribution in [-0.2, 0) is 0 Å². The van der Waals surface area contributed by atoms with E-state index in [1.54, 1.807) is 0 Å². The van der Waals surface area contributed by atoms with Gasteiger partial charge in [0.05, 0.1) is 29.6 Å². The Hall–Kier alpha value is -6.88. The van der Waals surface area contributed by atoms with Crippen molar-refractivity contribution in [1.29, 1.82) is 5.26 Å². The highest BCUT2D eigenvalue weighted by molar-refractivity contribution is 6.24. The van der Waals surface area contributed by atoms with Crippen LogP contribution >= 0.6 is 0 Å². The zero-order valence-electron chi connectivity index (χ0n) is 26.0. The van der Waals surface area contributed by atoms with Crippen LogP contribution in [0.2, 0.25) is 0 Å². The number of para-hydroxylation sites is 2. The number of nitriles is 1. The van der Waals surface area contributed by atoms with Gasteiger partial charge in [-0.25, -0.2) is 4.85 Å². The molecule has 0 saturated heterocycles. The second-order valence-electron chi connectivity index (χ2n) is 11.6. The molecule has 8 aromatic carbocycles. The second kappa shape index (κ2) is 12.1. The van der Waals surface area contributed by atoms with E-state index < -0.39 is 0 Å². The summed E-state index contributed by atoms with van der Waals surface area (Å²) in [6.07, 6.45) is 0. The standard InChI is InChI=1S/C44H28N4/c1-46-32-22-26-36(27-23-32)48(34-14-6-3-7-15-34)44-29-42-37-16-8-10-18-39(37)43(28-41(42)38-17-9-11-19-40(38)44)47(33-12-4-2-5-13-33)35-24-20-31(30-45)21-25-35/h2-29H. The van der Waals surface area contributed by atoms with Gasteiger partial charge in [0.1, 0.15) is 0 Å². The first kappa shape index (κ1) is 28.6. The highest BCUT2D eigenvalue weighted by atomic mass is 15.1. The number of fused-ring (bicyclic) bond motifs is 5. The molecule has 48 heavy (non-hydrogen) atoms. The molecule has 0 atom stereocenters. The Bertz CT molecular complexity index is 2330. The zero-order chi connectivity index (χ0) is 32.5. The van der Waals surface area contributed by atoms with E-state index >= 15 is 0 Å². The predicted molar refractivity (Wildman–Crippen MR) is 199 cm³/mol. The van der Waals surface area contributed by atoms with Gasteiger partial charge in [0.25, 0.3) is 0 Å². The van der Waals surface area contributed by atoms with Crippen molar-refractivity contribution in [1.82, 2.24) is 0 Å². The Labute approximate surface area is 279 Å². The third-order valence-corrected chi connectivity index (χ3v) is 8.84. The smallest absolute Gasteiger partial charge is 0.187 e. The lowest BCUT2D eigenvalue weighted by Gasteiger charge is -2.29. The van der Waals surface area contributed by atoms with Gasteiger partial charge >= 0.3 is 0 Å². The number of rotatable bonds is 6. The molecule has 0 radical (unpaired) electrons. The minimum atomic E-state index is 0.610. The van der Waals surface area contributed by atoms with Crippen LogP contribution in [-0.4, -0.2) is 0 Å². The van der Waals surface area contributed by atoms with Crippen LogP contribution < -0.4 is 9.80 Å². The van der Waals surface area contributed by atoms with Crippen molar-refractivity contribution in [2.45, 2.75) is 0 Å². The number of hydrogen-bond donors (Lipinski definition) is 0. The summed E-state index contributed by atoms with van der Waals surface area (Å²) in [5.41, 5.74) is 7.38. The summed E-state index contributed by atoms with van der Waals surface area (Å²) < 4.78 is 0. The van der Waals surface area contributed by atoms with Gasteiger partial charge in [0, 0.05) is 33.5 Å². The van der Waals surface area contributed by atoms with Gasteiger partial charge in [-0.1, -0.05) is 97.1 Å². The molecule has 0 aliphatic carbocycles. The van der Waals surface area contributed by atoms with E-state index in [-0.39, 0.29) is 0 Å². The second-order valence-corrected chi connectivity index (χ2v) is 11.6. The monoisotopic (exact) mass is 612 g/mol. The van der Waals surface area contributed by atoms with Crippen LogP contribution in [0.25, 0.3) is 37.2 Å². The number of hydrogen-bond acceptors (Lipinski definition) is 3. The summed E-state index contributed by atoms with van der Waals surface area (Å²) in [7, 11) is 0. The van der Waals surface area contributed by atoms with E-state index in [1.165, 1.54) is 0 Å². The highest BCUT2D eigenvalue weighted by Gasteiger charge is 2.21. The first-order chi connectivity index (χ1) is 23.7. The van der Waals surface area contributed by atoms with Crippen LogP contribution in [0.15, 0.2) is 170 Å². The highest BCUT2D eigenvalue weighted by Crippen LogP contribution is 2.47. The van der Waals surface area contributed by atoms with Gasteiger partial charge in [-0.2, -0.15) is 5.26 Å². The molecule has 0 heterocycles. The van der Waals surface area contributed by atoms with E-state index in [2.05, 4.69) is 130 Å². The van der Waals surface area contributed by atoms with E-state index in [0.29, 0.717) is 11.3 Å². The maximum atomic E-state index is 9.51. The first-order valence-electron chi connectivity index (χ1n) is 15.8. The summed E-state index contributed by atoms with van der Waals surface area (Å²) in [4.78, 5) is 8.19. The molecular formula is C44H28N4. The molecule has 0 bridgehead atoms. The largest absolute Gasteiger partial charge is 0.310 e. The van der Waals surface area contributed by atoms with E-state index in [4.69, 9.17) is 6.57 Å². The average molecular weight is 613 g/mol. The SMILES string of the molecule is [C-]#[N+]c1ccc(N(c2ccccc2)c2cc3c4ccccc4c(N(c4ccccc4)c4ccc(C#N)cc4)cc3c3ccccc23)cc1. The molecule has 0 N–H and O–H groups in total. The third kappa shape index (κ3) is 4.95. The minimum absolute atomic E-state index is 0.610. The van der Waals surface area contributed by atoms with Crippen LogP contribution in [0.1, 0.15) is 5.56 Å². The summed E-state index contributed by atoms with van der Waals surface area (Å²) >= 11 is 0. The van der Waals surface area contributed by atoms with E-state index in [9.17, 15) is 5.26 Å². The Morgan fingerprint density at radius 3 is 1.21 bits per heavy atom. The molecule has 0 aliphatic heterocycles. The third-order valence-electron chi connectivity index (χ3n) is 8.84. The molecule has 0 saturated carbocycles. The van der Waals surface area contributed by atoms with Crippen LogP contribution in [0.5, 0.6) is 0 Å². The van der Waals surface area contributed by atoms with Crippen molar-refractivity contribution < 1.29 is 0 Å². The molecule has 4 heteroatoms. The molecule has 224 valence electrons. The quantitative estimate of drug-likeness (QED) is 0.138. The van der Waals surface area contributed by atoms with Gasteiger partial charge in [-0.05, 0) is 94.3 Å². The molecule has 4 nitrogen and oxygen atoms in total. The maximum absolute atomic E-state index is 9.51. The Balaban J connectivity index is 1.45. The topological polar surface area (TPSA) is 34.6 Å². The summed E-state index contributed by atoms with van der Waals surface area (Å²) in [5, 5.41) is 16.3. The number of anilines is 6. The fraction of sp³-hybridized carbons (Fsp3) is 0. The van der Waals surface area contributed by atoms with Gasteiger partial charge in [-0.15, -0.1) is 0 Å². The predicted octanol–water partition coefficient (Wildman–Crippen LogP) is 12.5. The fourth-order valence-corrected chi connectivity index (χ4v) is 6.65. The molecule has 8 aromatic rings. The molecule has 8 rings (SSSR count). The lowest BCUT2D eigenvalue weighted by Crippen LogP contribution is -2.11. The lowest BCUT2D eigenvalue weighted by atomic mass is 9.93. The lowest BCUT2D eigenvalue weighted by molar-refractivity contribution is 1.30. The van der Waals surface area contributed by atoms with Crippen LogP contribution in [0, 0.1) is 17.9 Å². The van der Waals surface area contributed by atoms with Gasteiger partial charge in [0.15, 0.2) is 5.69 Å². The Morgan fingerprint density at radius 1 is 0.417 bits per heavy atom. The molecular weight excluding hydrogens is 585 g/mol. The van der Waals surface area contributed by atoms with Crippen molar-refractivity contribution in [2.24, 2.45) is 0 Å². The van der Waals surface area contributed by atoms with E-state index in [1.807, 2.05) is 60.7 Å².